The molecule has 0 unspecified atom stereocenters. The number of esters is 1. The molecule has 11 heteroatoms. The minimum atomic E-state index is -3.71. The van der Waals surface area contributed by atoms with Gasteiger partial charge in [-0.25, -0.2) is 13.2 Å². The van der Waals surface area contributed by atoms with E-state index in [0.29, 0.717) is 35.1 Å². The number of nitrogens with one attached hydrogen (secondary N) is 1. The third-order valence-electron chi connectivity index (χ3n) is 6.57. The molecule has 3 heterocycles. The number of rotatable bonds is 6. The predicted molar refractivity (Wildman–Crippen MR) is 138 cm³/mol. The van der Waals surface area contributed by atoms with Crippen molar-refractivity contribution in [2.45, 2.75) is 63.8 Å². The molecule has 2 atom stereocenters. The van der Waals surface area contributed by atoms with Gasteiger partial charge in [0, 0.05) is 42.7 Å². The summed E-state index contributed by atoms with van der Waals surface area (Å²) in [7, 11) is -2.38. The van der Waals surface area contributed by atoms with Crippen LogP contribution in [0.15, 0.2) is 29.2 Å². The molecule has 36 heavy (non-hydrogen) atoms. The third kappa shape index (κ3) is 5.35. The summed E-state index contributed by atoms with van der Waals surface area (Å²) in [6, 6.07) is 6.23. The zero-order valence-corrected chi connectivity index (χ0v) is 22.9. The highest BCUT2D eigenvalue weighted by Gasteiger charge is 2.33. The van der Waals surface area contributed by atoms with Crippen molar-refractivity contribution in [3.8, 4) is 0 Å². The molecular weight excluding hydrogens is 502 g/mol. The van der Waals surface area contributed by atoms with Crippen LogP contribution < -0.4 is 5.32 Å². The summed E-state index contributed by atoms with van der Waals surface area (Å²) >= 11 is 1.39. The van der Waals surface area contributed by atoms with E-state index in [1.165, 1.54) is 47.0 Å². The van der Waals surface area contributed by atoms with Gasteiger partial charge in [0.15, 0.2) is 0 Å². The highest BCUT2D eigenvalue weighted by Crippen LogP contribution is 2.38. The maximum atomic E-state index is 13.1. The first-order valence-electron chi connectivity index (χ1n) is 12.0. The van der Waals surface area contributed by atoms with E-state index < -0.39 is 21.9 Å². The number of benzene rings is 1. The summed E-state index contributed by atoms with van der Waals surface area (Å²) in [5, 5.41) is 3.31. The standard InChI is InChI=1S/C25H33N3O6S2/c1-15(2)27-11-10-20-21(14-27)35-24(22(20)25(30)33-5)26-23(29)18-6-8-19(9-7-18)36(31,32)28-12-16(3)34-17(4)13-28/h6-9,15-17H,10-14H2,1-5H3,(H,26,29)/t16-,17-/m0/s1. The first-order valence-corrected chi connectivity index (χ1v) is 14.3. The minimum absolute atomic E-state index is 0.121. The number of carbonyl (C=O) groups is 2. The highest BCUT2D eigenvalue weighted by molar-refractivity contribution is 7.89. The Labute approximate surface area is 216 Å². The van der Waals surface area contributed by atoms with Gasteiger partial charge in [0.1, 0.15) is 5.00 Å². The first kappa shape index (κ1) is 26.7. The van der Waals surface area contributed by atoms with Gasteiger partial charge in [-0.1, -0.05) is 0 Å². The molecule has 0 bridgehead atoms. The van der Waals surface area contributed by atoms with Crippen LogP contribution in [0.4, 0.5) is 5.00 Å². The zero-order valence-electron chi connectivity index (χ0n) is 21.2. The van der Waals surface area contributed by atoms with Gasteiger partial charge in [-0.15, -0.1) is 11.3 Å². The van der Waals surface area contributed by atoms with Crippen LogP contribution in [-0.4, -0.2) is 74.5 Å². The highest BCUT2D eigenvalue weighted by atomic mass is 32.2. The van der Waals surface area contributed by atoms with Gasteiger partial charge in [-0.2, -0.15) is 4.31 Å². The third-order valence-corrected chi connectivity index (χ3v) is 9.55. The van der Waals surface area contributed by atoms with Crippen LogP contribution in [0.5, 0.6) is 0 Å². The Kier molecular flexibility index (Phi) is 7.86. The van der Waals surface area contributed by atoms with Crippen LogP contribution in [0, 0.1) is 0 Å². The number of hydrogen-bond donors (Lipinski definition) is 1. The molecule has 0 saturated carbocycles. The van der Waals surface area contributed by atoms with Crippen LogP contribution >= 0.6 is 11.3 Å². The van der Waals surface area contributed by atoms with Gasteiger partial charge >= 0.3 is 5.97 Å². The number of sulfonamides is 1. The lowest BCUT2D eigenvalue weighted by Gasteiger charge is -2.34. The average molecular weight is 536 g/mol. The molecule has 196 valence electrons. The molecule has 1 aromatic heterocycles. The van der Waals surface area contributed by atoms with E-state index in [1.54, 1.807) is 0 Å². The Hall–Kier alpha value is -2.31. The molecule has 1 fully saturated rings. The Morgan fingerprint density at radius 2 is 1.78 bits per heavy atom. The van der Waals surface area contributed by atoms with Gasteiger partial charge in [0.2, 0.25) is 10.0 Å². The number of methoxy groups -OCH3 is 1. The molecule has 4 rings (SSSR count). The van der Waals surface area contributed by atoms with Gasteiger partial charge in [0.05, 0.1) is 29.8 Å². The van der Waals surface area contributed by atoms with E-state index in [4.69, 9.17) is 9.47 Å². The number of anilines is 1. The van der Waals surface area contributed by atoms with Gasteiger partial charge < -0.3 is 14.8 Å². The molecular formula is C25H33N3O6S2. The Morgan fingerprint density at radius 3 is 2.36 bits per heavy atom. The molecule has 0 spiro atoms. The fraction of sp³-hybridized carbons (Fsp3) is 0.520. The molecule has 2 aromatic rings. The minimum Gasteiger partial charge on any atom is -0.465 e. The average Bonchev–Trinajstić information content (AvgIpc) is 3.19. The Balaban J connectivity index is 1.54. The SMILES string of the molecule is COC(=O)c1c(NC(=O)c2ccc(S(=O)(=O)N3C[C@H](C)O[C@@H](C)C3)cc2)sc2c1CCN(C(C)C)C2. The van der Waals surface area contributed by atoms with Crippen molar-refractivity contribution in [3.05, 3.63) is 45.8 Å². The van der Waals surface area contributed by atoms with Crippen LogP contribution in [-0.2, 0) is 32.5 Å². The van der Waals surface area contributed by atoms with Crippen LogP contribution in [0.2, 0.25) is 0 Å². The topological polar surface area (TPSA) is 105 Å². The van der Waals surface area contributed by atoms with Crippen molar-refractivity contribution >= 4 is 38.2 Å². The van der Waals surface area contributed by atoms with Crippen LogP contribution in [0.1, 0.15) is 58.9 Å². The lowest BCUT2D eigenvalue weighted by molar-refractivity contribution is -0.0440. The summed E-state index contributed by atoms with van der Waals surface area (Å²) in [5.74, 6) is -0.895. The molecule has 1 N–H and O–H groups in total. The smallest absolute Gasteiger partial charge is 0.341 e. The van der Waals surface area contributed by atoms with Crippen LogP contribution in [0.3, 0.4) is 0 Å². The van der Waals surface area contributed by atoms with E-state index in [1.807, 2.05) is 13.8 Å². The number of nitrogens with zero attached hydrogens (tertiary/aromatic N) is 2. The fourth-order valence-corrected chi connectivity index (χ4v) is 7.55. The number of ether oxygens (including phenoxy) is 2. The maximum Gasteiger partial charge on any atom is 0.341 e. The molecule has 9 nitrogen and oxygen atoms in total. The number of morpholine rings is 1. The van der Waals surface area contributed by atoms with E-state index in [2.05, 4.69) is 24.1 Å². The van der Waals surface area contributed by atoms with Crippen molar-refractivity contribution in [2.24, 2.45) is 0 Å². The molecule has 1 saturated heterocycles. The van der Waals surface area contributed by atoms with E-state index >= 15 is 0 Å². The van der Waals surface area contributed by atoms with Gasteiger partial charge in [0.25, 0.3) is 5.91 Å². The Morgan fingerprint density at radius 1 is 1.14 bits per heavy atom. The molecule has 0 radical (unpaired) electrons. The molecule has 1 aromatic carbocycles. The van der Waals surface area contributed by atoms with Crippen molar-refractivity contribution in [1.82, 2.24) is 9.21 Å². The van der Waals surface area contributed by atoms with E-state index in [-0.39, 0.29) is 30.2 Å². The van der Waals surface area contributed by atoms with Gasteiger partial charge in [-0.3, -0.25) is 9.69 Å². The summed E-state index contributed by atoms with van der Waals surface area (Å²) < 4.78 is 38.3. The Bertz CT molecular complexity index is 1230. The number of amides is 1. The molecule has 0 aliphatic carbocycles. The number of fused-ring (bicyclic) bond motifs is 1. The van der Waals surface area contributed by atoms with Crippen molar-refractivity contribution in [3.63, 3.8) is 0 Å². The summed E-state index contributed by atoms with van der Waals surface area (Å²) in [6.45, 7) is 10.1. The molecule has 2 aliphatic rings. The number of hydrogen-bond acceptors (Lipinski definition) is 8. The summed E-state index contributed by atoms with van der Waals surface area (Å²) in [6.07, 6.45) is 0.318. The number of carbonyl (C=O) groups excluding carboxylic acids is 2. The van der Waals surface area contributed by atoms with Crippen molar-refractivity contribution < 1.29 is 27.5 Å². The second-order valence-corrected chi connectivity index (χ2v) is 12.6. The normalized spacial score (nSPS) is 21.3. The monoisotopic (exact) mass is 535 g/mol. The zero-order chi connectivity index (χ0) is 26.2. The lowest BCUT2D eigenvalue weighted by Crippen LogP contribution is -2.48. The maximum absolute atomic E-state index is 13.1. The number of thiophene rings is 1. The largest absolute Gasteiger partial charge is 0.465 e. The van der Waals surface area contributed by atoms with Crippen molar-refractivity contribution in [2.75, 3.05) is 32.1 Å². The first-order chi connectivity index (χ1) is 17.0. The van der Waals surface area contributed by atoms with E-state index in [9.17, 15) is 18.0 Å². The molecule has 1 amide bonds. The summed E-state index contributed by atoms with van der Waals surface area (Å²) in [4.78, 5) is 29.1. The predicted octanol–water partition coefficient (Wildman–Crippen LogP) is 3.35. The molecule has 2 aliphatic heterocycles. The second kappa shape index (κ2) is 10.6. The van der Waals surface area contributed by atoms with E-state index in [0.717, 1.165) is 17.0 Å². The van der Waals surface area contributed by atoms with Gasteiger partial charge in [-0.05, 0) is 63.9 Å². The lowest BCUT2D eigenvalue weighted by atomic mass is 10.0. The fourth-order valence-electron chi connectivity index (χ4n) is 4.70. The second-order valence-electron chi connectivity index (χ2n) is 9.57. The van der Waals surface area contributed by atoms with Crippen LogP contribution in [0.25, 0.3) is 0 Å². The van der Waals surface area contributed by atoms with Crippen molar-refractivity contribution in [1.29, 1.82) is 0 Å². The summed E-state index contributed by atoms with van der Waals surface area (Å²) in [5.41, 5.74) is 1.63. The quantitative estimate of drug-likeness (QED) is 0.566.